The lowest BCUT2D eigenvalue weighted by molar-refractivity contribution is 0.131. The third-order valence-corrected chi connectivity index (χ3v) is 4.20. The number of hydrogen-bond donors (Lipinski definition) is 0. The van der Waals surface area contributed by atoms with Crippen molar-refractivity contribution in [3.63, 3.8) is 0 Å². The van der Waals surface area contributed by atoms with Crippen molar-refractivity contribution in [3.05, 3.63) is 59.7 Å². The fraction of sp³-hybridized carbons (Fsp3) is 0.409. The molecule has 24 heavy (non-hydrogen) atoms. The van der Waals surface area contributed by atoms with Gasteiger partial charge < -0.3 is 4.74 Å². The van der Waals surface area contributed by atoms with Gasteiger partial charge in [-0.25, -0.2) is 0 Å². The molecule has 0 unspecified atom stereocenters. The van der Waals surface area contributed by atoms with Gasteiger partial charge in [0.05, 0.1) is 5.69 Å². The zero-order valence-electron chi connectivity index (χ0n) is 15.8. The Balaban J connectivity index is 2.05. The van der Waals surface area contributed by atoms with Crippen molar-refractivity contribution >= 4 is 11.9 Å². The average molecular weight is 323 g/mol. The first-order valence-corrected chi connectivity index (χ1v) is 8.63. The number of benzene rings is 2. The molecule has 0 radical (unpaired) electrons. The highest BCUT2D eigenvalue weighted by molar-refractivity contribution is 5.82. The molecule has 2 nitrogen and oxygen atoms in total. The Morgan fingerprint density at radius 2 is 1.46 bits per heavy atom. The molecule has 0 heterocycles. The van der Waals surface area contributed by atoms with Gasteiger partial charge in [-0.3, -0.25) is 4.99 Å². The fourth-order valence-electron chi connectivity index (χ4n) is 2.33. The van der Waals surface area contributed by atoms with Crippen LogP contribution in [0, 0.1) is 0 Å². The Morgan fingerprint density at radius 3 is 1.96 bits per heavy atom. The summed E-state index contributed by atoms with van der Waals surface area (Å²) in [6.45, 7) is 12.9. The van der Waals surface area contributed by atoms with E-state index in [0.29, 0.717) is 0 Å². The van der Waals surface area contributed by atoms with Gasteiger partial charge in [0.15, 0.2) is 0 Å². The van der Waals surface area contributed by atoms with Crippen molar-refractivity contribution in [3.8, 4) is 5.75 Å². The second kappa shape index (κ2) is 7.21. The summed E-state index contributed by atoms with van der Waals surface area (Å²) < 4.78 is 5.83. The van der Waals surface area contributed by atoms with E-state index < -0.39 is 0 Å². The van der Waals surface area contributed by atoms with Crippen molar-refractivity contribution in [1.29, 1.82) is 0 Å². The van der Waals surface area contributed by atoms with E-state index in [1.807, 2.05) is 51.3 Å². The largest absolute Gasteiger partial charge is 0.488 e. The maximum Gasteiger partial charge on any atom is 0.120 e. The van der Waals surface area contributed by atoms with Crippen molar-refractivity contribution in [1.82, 2.24) is 0 Å². The molecule has 0 N–H and O–H groups in total. The Kier molecular flexibility index (Phi) is 5.48. The third kappa shape index (κ3) is 5.23. The fourth-order valence-corrected chi connectivity index (χ4v) is 2.33. The number of hydrogen-bond acceptors (Lipinski definition) is 2. The molecular weight excluding hydrogens is 294 g/mol. The normalized spacial score (nSPS) is 12.6. The lowest BCUT2D eigenvalue weighted by atomic mass is 9.82. The lowest BCUT2D eigenvalue weighted by Crippen LogP contribution is -2.22. The first-order valence-electron chi connectivity index (χ1n) is 8.63. The molecule has 0 aliphatic carbocycles. The van der Waals surface area contributed by atoms with Crippen LogP contribution < -0.4 is 4.74 Å². The molecule has 0 amide bonds. The van der Waals surface area contributed by atoms with Crippen LogP contribution in [0.5, 0.6) is 5.75 Å². The molecule has 2 heteroatoms. The quantitative estimate of drug-likeness (QED) is 0.591. The highest BCUT2D eigenvalue weighted by Crippen LogP contribution is 2.28. The molecule has 0 saturated carbocycles. The monoisotopic (exact) mass is 323 g/mol. The predicted octanol–water partition coefficient (Wildman–Crippen LogP) is 6.30. The molecule has 0 aliphatic rings. The predicted molar refractivity (Wildman–Crippen MR) is 104 cm³/mol. The van der Waals surface area contributed by atoms with Gasteiger partial charge in [-0.1, -0.05) is 32.9 Å². The topological polar surface area (TPSA) is 21.6 Å². The molecule has 0 fully saturated rings. The van der Waals surface area contributed by atoms with Crippen LogP contribution in [0.3, 0.4) is 0 Å². The second-order valence-electron chi connectivity index (χ2n) is 7.83. The molecule has 0 spiro atoms. The molecule has 0 aromatic heterocycles. The third-order valence-electron chi connectivity index (χ3n) is 4.20. The second-order valence-corrected chi connectivity index (χ2v) is 7.83. The smallest absolute Gasteiger partial charge is 0.120 e. The summed E-state index contributed by atoms with van der Waals surface area (Å²) in [5.74, 6) is 0.880. The van der Waals surface area contributed by atoms with E-state index in [4.69, 9.17) is 4.74 Å². The molecule has 0 aliphatic heterocycles. The lowest BCUT2D eigenvalue weighted by Gasteiger charge is -2.23. The van der Waals surface area contributed by atoms with Crippen molar-refractivity contribution in [2.75, 3.05) is 0 Å². The van der Waals surface area contributed by atoms with E-state index in [0.717, 1.165) is 23.4 Å². The van der Waals surface area contributed by atoms with Gasteiger partial charge in [-0.15, -0.1) is 0 Å². The number of ether oxygens (including phenoxy) is 1. The summed E-state index contributed by atoms with van der Waals surface area (Å²) in [4.78, 5) is 4.56. The number of nitrogens with zero attached hydrogens (tertiary/aromatic N) is 1. The van der Waals surface area contributed by atoms with Gasteiger partial charge in [-0.2, -0.15) is 0 Å². The van der Waals surface area contributed by atoms with Gasteiger partial charge in [-0.05, 0) is 80.1 Å². The van der Waals surface area contributed by atoms with Crippen LogP contribution in [0.4, 0.5) is 5.69 Å². The van der Waals surface area contributed by atoms with E-state index in [-0.39, 0.29) is 11.0 Å². The Morgan fingerprint density at radius 1 is 0.875 bits per heavy atom. The summed E-state index contributed by atoms with van der Waals surface area (Å²) in [5, 5.41) is 0. The molecule has 2 aromatic carbocycles. The number of aliphatic imine (C=N–C) groups is 1. The molecular formula is C22H29NO. The first kappa shape index (κ1) is 18.3. The van der Waals surface area contributed by atoms with Gasteiger partial charge in [0.25, 0.3) is 0 Å². The minimum atomic E-state index is -0.177. The van der Waals surface area contributed by atoms with Gasteiger partial charge in [0, 0.05) is 6.21 Å². The zero-order valence-corrected chi connectivity index (χ0v) is 15.8. The average Bonchev–Trinajstić information content (AvgIpc) is 2.53. The van der Waals surface area contributed by atoms with Crippen LogP contribution >= 0.6 is 0 Å². The molecule has 128 valence electrons. The summed E-state index contributed by atoms with van der Waals surface area (Å²) in [6, 6.07) is 16.5. The van der Waals surface area contributed by atoms with Crippen LogP contribution in [0.15, 0.2) is 53.5 Å². The van der Waals surface area contributed by atoms with E-state index in [2.05, 4.69) is 50.0 Å². The Hall–Kier alpha value is -2.09. The molecule has 0 bridgehead atoms. The molecule has 2 rings (SSSR count). The van der Waals surface area contributed by atoms with E-state index in [9.17, 15) is 0 Å². The maximum atomic E-state index is 5.83. The van der Waals surface area contributed by atoms with E-state index in [1.165, 1.54) is 5.56 Å². The number of rotatable bonds is 5. The minimum absolute atomic E-state index is 0.177. The van der Waals surface area contributed by atoms with Crippen molar-refractivity contribution in [2.24, 2.45) is 4.99 Å². The van der Waals surface area contributed by atoms with Crippen molar-refractivity contribution in [2.45, 2.75) is 59.0 Å². The van der Waals surface area contributed by atoms with Crippen LogP contribution in [0.2, 0.25) is 0 Å². The zero-order chi connectivity index (χ0) is 17.8. The van der Waals surface area contributed by atoms with Crippen LogP contribution in [-0.2, 0) is 5.41 Å². The molecule has 0 saturated heterocycles. The van der Waals surface area contributed by atoms with Crippen LogP contribution in [-0.4, -0.2) is 11.8 Å². The molecule has 2 aromatic rings. The molecule has 0 atom stereocenters. The van der Waals surface area contributed by atoms with Gasteiger partial charge in [0.1, 0.15) is 11.4 Å². The standard InChI is InChI=1S/C22H29NO/c1-7-22(5,6)18-10-12-19(13-11-18)23-16-17-8-14-20(15-9-17)24-21(2,3)4/h8-16H,7H2,1-6H3. The summed E-state index contributed by atoms with van der Waals surface area (Å²) in [5.41, 5.74) is 3.43. The highest BCUT2D eigenvalue weighted by Gasteiger charge is 2.17. The van der Waals surface area contributed by atoms with Gasteiger partial charge >= 0.3 is 0 Å². The first-order chi connectivity index (χ1) is 11.2. The Bertz CT molecular complexity index is 673. The minimum Gasteiger partial charge on any atom is -0.488 e. The SMILES string of the molecule is CCC(C)(C)c1ccc(N=Cc2ccc(OC(C)(C)C)cc2)cc1. The summed E-state index contributed by atoms with van der Waals surface area (Å²) in [7, 11) is 0. The summed E-state index contributed by atoms with van der Waals surface area (Å²) >= 11 is 0. The van der Waals surface area contributed by atoms with E-state index in [1.54, 1.807) is 0 Å². The van der Waals surface area contributed by atoms with Crippen molar-refractivity contribution < 1.29 is 4.74 Å². The Labute approximate surface area is 146 Å². The van der Waals surface area contributed by atoms with Crippen LogP contribution in [0.1, 0.15) is 59.1 Å². The van der Waals surface area contributed by atoms with Crippen LogP contribution in [0.25, 0.3) is 0 Å². The summed E-state index contributed by atoms with van der Waals surface area (Å²) in [6.07, 6.45) is 3.01. The van der Waals surface area contributed by atoms with Gasteiger partial charge in [0.2, 0.25) is 0 Å². The van der Waals surface area contributed by atoms with E-state index >= 15 is 0 Å². The maximum absolute atomic E-state index is 5.83. The highest BCUT2D eigenvalue weighted by atomic mass is 16.5.